The highest BCUT2D eigenvalue weighted by Gasteiger charge is 2.28. The van der Waals surface area contributed by atoms with Gasteiger partial charge in [-0.3, -0.25) is 19.0 Å². The summed E-state index contributed by atoms with van der Waals surface area (Å²) in [5.74, 6) is -1.96. The minimum Gasteiger partial charge on any atom is -0.464 e. The number of rotatable bonds is 19. The molecule has 0 aliphatic heterocycles. The lowest BCUT2D eigenvalue weighted by Crippen LogP contribution is -2.45. The summed E-state index contributed by atoms with van der Waals surface area (Å²) in [6, 6.07) is 39.8. The lowest BCUT2D eigenvalue weighted by Gasteiger charge is -2.19. The highest BCUT2D eigenvalue weighted by molar-refractivity contribution is 8.76. The molecule has 0 spiro atoms. The van der Waals surface area contributed by atoms with Crippen LogP contribution < -0.4 is 10.6 Å². The lowest BCUT2D eigenvalue weighted by atomic mass is 10.1. The number of nitrogens with zero attached hydrogens (tertiary/aromatic N) is 4. The summed E-state index contributed by atoms with van der Waals surface area (Å²) < 4.78 is 13.9. The largest absolute Gasteiger partial charge is 0.464 e. The molecular formula is C44H44N6O6S2. The van der Waals surface area contributed by atoms with Gasteiger partial charge >= 0.3 is 11.9 Å². The number of carbonyl (C=O) groups excluding carboxylic acids is 4. The molecule has 58 heavy (non-hydrogen) atoms. The molecule has 2 atom stereocenters. The van der Waals surface area contributed by atoms with E-state index in [-0.39, 0.29) is 36.1 Å². The fourth-order valence-electron chi connectivity index (χ4n) is 5.97. The number of benzene rings is 4. The standard InChI is InChI=1S/C44H44N6O6S2/c1-3-55-43(53)37(45-41(51)39-25-35(33-21-13-7-14-22-33)47-49(39)27-31-17-9-5-10-18-31)29-57-58-30-38(44(54)56-4-2)46-42(52)40-26-36(34-23-15-8-16-24-34)48-50(40)28-32-19-11-6-12-20-32/h5-26,37-38H,3-4,27-30H2,1-2H3,(H,45,51)(H,46,52). The van der Waals surface area contributed by atoms with Crippen molar-refractivity contribution in [2.45, 2.75) is 39.0 Å². The first-order chi connectivity index (χ1) is 28.3. The molecule has 0 saturated carbocycles. The van der Waals surface area contributed by atoms with E-state index < -0.39 is 35.8 Å². The van der Waals surface area contributed by atoms with Crippen LogP contribution in [-0.2, 0) is 32.2 Å². The highest BCUT2D eigenvalue weighted by atomic mass is 33.1. The normalized spacial score (nSPS) is 12.0. The van der Waals surface area contributed by atoms with Crippen LogP contribution in [0.1, 0.15) is 46.0 Å². The van der Waals surface area contributed by atoms with Gasteiger partial charge in [0.05, 0.1) is 37.7 Å². The van der Waals surface area contributed by atoms with Crippen molar-refractivity contribution in [3.8, 4) is 22.5 Å². The van der Waals surface area contributed by atoms with Crippen LogP contribution >= 0.6 is 21.6 Å². The SMILES string of the molecule is CCOC(=O)C(CSSCC(NC(=O)c1cc(-c2ccccc2)nn1Cc1ccccc1)C(=O)OCC)NC(=O)c1cc(-c2ccccc2)nn1Cc1ccccc1. The smallest absolute Gasteiger partial charge is 0.329 e. The van der Waals surface area contributed by atoms with Crippen LogP contribution in [0.3, 0.4) is 0 Å². The monoisotopic (exact) mass is 816 g/mol. The molecule has 298 valence electrons. The third-order valence-corrected chi connectivity index (χ3v) is 11.2. The number of aromatic nitrogens is 4. The van der Waals surface area contributed by atoms with Gasteiger partial charge < -0.3 is 20.1 Å². The predicted molar refractivity (Wildman–Crippen MR) is 227 cm³/mol. The van der Waals surface area contributed by atoms with Gasteiger partial charge in [-0.1, -0.05) is 143 Å². The Morgan fingerprint density at radius 2 is 0.897 bits per heavy atom. The highest BCUT2D eigenvalue weighted by Crippen LogP contribution is 2.26. The maximum atomic E-state index is 13.9. The number of ether oxygens (including phenoxy) is 2. The zero-order chi connectivity index (χ0) is 40.7. The summed E-state index contributed by atoms with van der Waals surface area (Å²) in [5, 5.41) is 15.2. The van der Waals surface area contributed by atoms with Crippen molar-refractivity contribution in [1.82, 2.24) is 30.2 Å². The first-order valence-corrected chi connectivity index (χ1v) is 21.4. The average Bonchev–Trinajstić information content (AvgIpc) is 3.88. The van der Waals surface area contributed by atoms with E-state index >= 15 is 0 Å². The third kappa shape index (κ3) is 11.3. The van der Waals surface area contributed by atoms with E-state index in [4.69, 9.17) is 19.7 Å². The van der Waals surface area contributed by atoms with Crippen molar-refractivity contribution in [3.63, 3.8) is 0 Å². The quantitative estimate of drug-likeness (QED) is 0.0502. The molecule has 6 aromatic rings. The zero-order valence-electron chi connectivity index (χ0n) is 32.2. The van der Waals surface area contributed by atoms with Crippen LogP contribution in [-0.4, -0.2) is 80.1 Å². The van der Waals surface area contributed by atoms with Crippen LogP contribution in [0.15, 0.2) is 133 Å². The molecule has 4 aromatic carbocycles. The fraction of sp³-hybridized carbons (Fsp3) is 0.227. The first-order valence-electron chi connectivity index (χ1n) is 18.9. The Hall–Kier alpha value is -6.12. The summed E-state index contributed by atoms with van der Waals surface area (Å²) in [4.78, 5) is 54.2. The fourth-order valence-corrected chi connectivity index (χ4v) is 8.27. The molecule has 0 saturated heterocycles. The molecule has 0 fully saturated rings. The Kier molecular flexibility index (Phi) is 14.9. The summed E-state index contributed by atoms with van der Waals surface area (Å²) in [6.07, 6.45) is 0. The van der Waals surface area contributed by atoms with Crippen molar-refractivity contribution in [2.75, 3.05) is 24.7 Å². The molecule has 2 heterocycles. The molecule has 14 heteroatoms. The molecule has 6 rings (SSSR count). The third-order valence-electron chi connectivity index (χ3n) is 8.82. The number of amides is 2. The van der Waals surface area contributed by atoms with Crippen molar-refractivity contribution < 1.29 is 28.7 Å². The van der Waals surface area contributed by atoms with Gasteiger partial charge in [0.15, 0.2) is 0 Å². The van der Waals surface area contributed by atoms with Crippen LogP contribution in [0.2, 0.25) is 0 Å². The van der Waals surface area contributed by atoms with Crippen LogP contribution in [0, 0.1) is 0 Å². The summed E-state index contributed by atoms with van der Waals surface area (Å²) in [6.45, 7) is 4.31. The molecule has 0 bridgehead atoms. The van der Waals surface area contributed by atoms with Gasteiger partial charge in [-0.15, -0.1) is 0 Å². The second-order valence-electron chi connectivity index (χ2n) is 13.0. The summed E-state index contributed by atoms with van der Waals surface area (Å²) in [5.41, 5.74) is 5.39. The van der Waals surface area contributed by atoms with E-state index in [0.29, 0.717) is 24.5 Å². The van der Waals surface area contributed by atoms with Gasteiger partial charge in [-0.05, 0) is 37.1 Å². The van der Waals surface area contributed by atoms with E-state index in [0.717, 1.165) is 22.3 Å². The maximum absolute atomic E-state index is 13.9. The Morgan fingerprint density at radius 1 is 0.552 bits per heavy atom. The molecule has 2 N–H and O–H groups in total. The van der Waals surface area contributed by atoms with Crippen LogP contribution in [0.25, 0.3) is 22.5 Å². The molecule has 2 unspecified atom stereocenters. The van der Waals surface area contributed by atoms with E-state index in [9.17, 15) is 19.2 Å². The van der Waals surface area contributed by atoms with E-state index in [1.165, 1.54) is 21.6 Å². The van der Waals surface area contributed by atoms with Crippen molar-refractivity contribution in [2.24, 2.45) is 0 Å². The van der Waals surface area contributed by atoms with E-state index in [1.54, 1.807) is 35.3 Å². The average molecular weight is 817 g/mol. The van der Waals surface area contributed by atoms with Gasteiger partial charge in [-0.25, -0.2) is 9.59 Å². The number of esters is 2. The van der Waals surface area contributed by atoms with Crippen LogP contribution in [0.5, 0.6) is 0 Å². The zero-order valence-corrected chi connectivity index (χ0v) is 33.8. The first kappa shape index (κ1) is 41.5. The van der Waals surface area contributed by atoms with E-state index in [2.05, 4.69) is 10.6 Å². The molecule has 0 aliphatic rings. The maximum Gasteiger partial charge on any atom is 0.329 e. The predicted octanol–water partition coefficient (Wildman–Crippen LogP) is 6.91. The number of nitrogens with one attached hydrogen (secondary N) is 2. The molecule has 2 aromatic heterocycles. The second-order valence-corrected chi connectivity index (χ2v) is 15.5. The summed E-state index contributed by atoms with van der Waals surface area (Å²) >= 11 is 0. The van der Waals surface area contributed by atoms with Gasteiger partial charge in [0.25, 0.3) is 11.8 Å². The van der Waals surface area contributed by atoms with Gasteiger partial charge in [0.1, 0.15) is 23.5 Å². The number of hydrogen-bond donors (Lipinski definition) is 2. The minimum absolute atomic E-state index is 0.112. The molecule has 12 nitrogen and oxygen atoms in total. The molecular weight excluding hydrogens is 773 g/mol. The topological polar surface area (TPSA) is 146 Å². The van der Waals surface area contributed by atoms with Crippen molar-refractivity contribution in [3.05, 3.63) is 156 Å². The Bertz CT molecular complexity index is 2110. The number of carbonyl (C=O) groups is 4. The second kappa shape index (κ2) is 20.9. The minimum atomic E-state index is -1.02. The van der Waals surface area contributed by atoms with Crippen molar-refractivity contribution in [1.29, 1.82) is 0 Å². The van der Waals surface area contributed by atoms with Crippen molar-refractivity contribution >= 4 is 45.3 Å². The number of hydrogen-bond acceptors (Lipinski definition) is 10. The Balaban J connectivity index is 1.15. The van der Waals surface area contributed by atoms with Gasteiger partial charge in [0, 0.05) is 22.6 Å². The lowest BCUT2D eigenvalue weighted by molar-refractivity contribution is -0.145. The van der Waals surface area contributed by atoms with Crippen LogP contribution in [0.4, 0.5) is 0 Å². The Labute approximate surface area is 345 Å². The molecule has 0 aliphatic carbocycles. The van der Waals surface area contributed by atoms with E-state index in [1.807, 2.05) is 121 Å². The Morgan fingerprint density at radius 3 is 1.24 bits per heavy atom. The summed E-state index contributed by atoms with van der Waals surface area (Å²) in [7, 11) is 2.51. The van der Waals surface area contributed by atoms with Gasteiger partial charge in [-0.2, -0.15) is 10.2 Å². The molecule has 0 radical (unpaired) electrons. The van der Waals surface area contributed by atoms with Gasteiger partial charge in [0.2, 0.25) is 0 Å². The molecule has 2 amide bonds.